The number of rotatable bonds is 10. The van der Waals surface area contributed by atoms with Crippen LogP contribution in [0.5, 0.6) is 0 Å². The maximum Gasteiger partial charge on any atom is 0.303 e. The van der Waals surface area contributed by atoms with Crippen LogP contribution >= 0.6 is 0 Å². The monoisotopic (exact) mass is 577 g/mol. The minimum Gasteiger partial charge on any atom is -0.463 e. The third-order valence-electron chi connectivity index (χ3n) is 6.71. The van der Waals surface area contributed by atoms with Crippen LogP contribution in [-0.4, -0.2) is 85.0 Å². The van der Waals surface area contributed by atoms with Crippen LogP contribution in [0.2, 0.25) is 0 Å². The van der Waals surface area contributed by atoms with E-state index < -0.39 is 54.6 Å². The average molecular weight is 578 g/mol. The molecule has 13 nitrogen and oxygen atoms in total. The molecule has 1 fully saturated rings. The molecule has 3 rings (SSSR count). The van der Waals surface area contributed by atoms with E-state index in [0.29, 0.717) is 18.7 Å². The zero-order valence-corrected chi connectivity index (χ0v) is 24.6. The van der Waals surface area contributed by atoms with Gasteiger partial charge in [-0.3, -0.25) is 24.2 Å². The fraction of sp³-hybridized carbons (Fsp3) is 0.643. The third kappa shape index (κ3) is 8.87. The molecular formula is C28H39N3O10. The number of carbonyl (C=O) groups excluding carboxylic acids is 4. The summed E-state index contributed by atoms with van der Waals surface area (Å²) in [6, 6.07) is 2.16. The summed E-state index contributed by atoms with van der Waals surface area (Å²) in [4.78, 5) is 60.0. The van der Waals surface area contributed by atoms with Gasteiger partial charge in [0, 0.05) is 52.9 Å². The lowest BCUT2D eigenvalue weighted by Crippen LogP contribution is -2.62. The SMILES string of the molecule is CC(=O)OC[C@H]1O[C@@H](O/N=C(\C)CCN2CCCc3nc(C)c(C)cc32)[C@H](OC(C)=O)[C@@H](OC(C)=O)[C@@H]1OC(C)=O. The standard InChI is InChI=1S/C28H39N3O10/c1-15-13-23-22(29-17(15)3)9-8-11-31(23)12-10-16(2)30-41-28-27(39-21(7)35)26(38-20(6)34)25(37-19(5)33)24(40-28)14-36-18(4)32/h13,24-28H,8-12,14H2,1-7H3/b30-16+/t24-,25-,26+,27-,28+/m1/s1. The normalized spacial score (nSPS) is 24.1. The molecule has 0 unspecified atom stereocenters. The van der Waals surface area contributed by atoms with Gasteiger partial charge < -0.3 is 33.4 Å². The van der Waals surface area contributed by atoms with E-state index in [-0.39, 0.29) is 6.61 Å². The van der Waals surface area contributed by atoms with Crippen molar-refractivity contribution in [1.82, 2.24) is 4.98 Å². The number of pyridine rings is 1. The van der Waals surface area contributed by atoms with Gasteiger partial charge in [-0.2, -0.15) is 0 Å². The first-order chi connectivity index (χ1) is 19.3. The van der Waals surface area contributed by atoms with Crippen molar-refractivity contribution in [3.8, 4) is 0 Å². The van der Waals surface area contributed by atoms with E-state index in [1.807, 2.05) is 13.8 Å². The van der Waals surface area contributed by atoms with Gasteiger partial charge in [-0.25, -0.2) is 0 Å². The first kappa shape index (κ1) is 31.8. The van der Waals surface area contributed by atoms with Crippen LogP contribution in [0.15, 0.2) is 11.2 Å². The number of anilines is 1. The van der Waals surface area contributed by atoms with Crippen LogP contribution in [0, 0.1) is 13.8 Å². The summed E-state index contributed by atoms with van der Waals surface area (Å²) in [6.07, 6.45) is -3.90. The number of carbonyl (C=O) groups is 4. The number of oxime groups is 1. The second-order valence-corrected chi connectivity index (χ2v) is 10.2. The largest absolute Gasteiger partial charge is 0.463 e. The Balaban J connectivity index is 1.79. The molecule has 0 aromatic carbocycles. The third-order valence-corrected chi connectivity index (χ3v) is 6.71. The lowest BCUT2D eigenvalue weighted by Gasteiger charge is -2.43. The van der Waals surface area contributed by atoms with Crippen molar-refractivity contribution < 1.29 is 47.7 Å². The number of hydrogen-bond acceptors (Lipinski definition) is 13. The van der Waals surface area contributed by atoms with Crippen molar-refractivity contribution in [2.75, 3.05) is 24.6 Å². The highest BCUT2D eigenvalue weighted by Gasteiger charge is 2.53. The van der Waals surface area contributed by atoms with Gasteiger partial charge in [0.1, 0.15) is 12.7 Å². The van der Waals surface area contributed by atoms with E-state index >= 15 is 0 Å². The van der Waals surface area contributed by atoms with Crippen LogP contribution in [0.3, 0.4) is 0 Å². The maximum absolute atomic E-state index is 12.0. The molecule has 0 spiro atoms. The molecule has 1 aromatic rings. The second-order valence-electron chi connectivity index (χ2n) is 10.2. The quantitative estimate of drug-likeness (QED) is 0.174. The summed E-state index contributed by atoms with van der Waals surface area (Å²) in [6.45, 7) is 11.7. The summed E-state index contributed by atoms with van der Waals surface area (Å²) in [5.74, 6) is -2.75. The molecular weight excluding hydrogens is 538 g/mol. The molecule has 13 heteroatoms. The number of ether oxygens (including phenoxy) is 5. The van der Waals surface area contributed by atoms with Crippen LogP contribution in [0.25, 0.3) is 0 Å². The Morgan fingerprint density at radius 1 is 0.951 bits per heavy atom. The van der Waals surface area contributed by atoms with Gasteiger partial charge in [0.15, 0.2) is 12.2 Å². The minimum atomic E-state index is -1.36. The molecule has 0 radical (unpaired) electrons. The molecule has 0 aliphatic carbocycles. The lowest BCUT2D eigenvalue weighted by atomic mass is 9.98. The molecule has 41 heavy (non-hydrogen) atoms. The molecule has 1 saturated heterocycles. The van der Waals surface area contributed by atoms with Gasteiger partial charge in [-0.1, -0.05) is 5.16 Å². The van der Waals surface area contributed by atoms with Gasteiger partial charge >= 0.3 is 23.9 Å². The number of esters is 4. The van der Waals surface area contributed by atoms with Crippen molar-refractivity contribution in [2.24, 2.45) is 5.16 Å². The highest BCUT2D eigenvalue weighted by molar-refractivity contribution is 5.82. The van der Waals surface area contributed by atoms with Crippen molar-refractivity contribution in [1.29, 1.82) is 0 Å². The van der Waals surface area contributed by atoms with E-state index in [0.717, 1.165) is 62.8 Å². The molecule has 226 valence electrons. The van der Waals surface area contributed by atoms with Crippen molar-refractivity contribution in [3.05, 3.63) is 23.0 Å². The van der Waals surface area contributed by atoms with E-state index in [4.69, 9.17) is 33.5 Å². The number of aryl methyl sites for hydroxylation is 3. The summed E-state index contributed by atoms with van der Waals surface area (Å²) in [7, 11) is 0. The van der Waals surface area contributed by atoms with Gasteiger partial charge in [0.25, 0.3) is 6.29 Å². The van der Waals surface area contributed by atoms with E-state index in [2.05, 4.69) is 16.1 Å². The van der Waals surface area contributed by atoms with Crippen LogP contribution in [0.4, 0.5) is 5.69 Å². The van der Waals surface area contributed by atoms with E-state index in [9.17, 15) is 19.2 Å². The number of fused-ring (bicyclic) bond motifs is 1. The predicted molar refractivity (Wildman–Crippen MR) is 145 cm³/mol. The highest BCUT2D eigenvalue weighted by atomic mass is 16.8. The van der Waals surface area contributed by atoms with Gasteiger partial charge in [0.2, 0.25) is 6.10 Å². The fourth-order valence-electron chi connectivity index (χ4n) is 4.75. The first-order valence-electron chi connectivity index (χ1n) is 13.6. The number of nitrogens with zero attached hydrogens (tertiary/aromatic N) is 3. The van der Waals surface area contributed by atoms with Crippen molar-refractivity contribution in [2.45, 2.75) is 98.4 Å². The fourth-order valence-corrected chi connectivity index (χ4v) is 4.75. The minimum absolute atomic E-state index is 0.346. The molecule has 0 bridgehead atoms. The summed E-state index contributed by atoms with van der Waals surface area (Å²) in [5.41, 5.74) is 4.99. The Labute approximate surface area is 239 Å². The van der Waals surface area contributed by atoms with Crippen LogP contribution in [-0.2, 0) is 54.1 Å². The summed E-state index contributed by atoms with van der Waals surface area (Å²) in [5, 5.41) is 4.21. The molecule has 0 saturated carbocycles. The molecule has 5 atom stereocenters. The van der Waals surface area contributed by atoms with Gasteiger partial charge in [-0.15, -0.1) is 0 Å². The second kappa shape index (κ2) is 14.2. The van der Waals surface area contributed by atoms with Gasteiger partial charge in [0.05, 0.1) is 17.1 Å². The Bertz CT molecular complexity index is 1170. The molecule has 2 aliphatic heterocycles. The molecule has 0 N–H and O–H groups in total. The average Bonchev–Trinajstić information content (AvgIpc) is 2.87. The lowest BCUT2D eigenvalue weighted by molar-refractivity contribution is -0.308. The van der Waals surface area contributed by atoms with Gasteiger partial charge in [-0.05, 0) is 45.2 Å². The maximum atomic E-state index is 12.0. The van der Waals surface area contributed by atoms with E-state index in [1.54, 1.807) is 6.92 Å². The zero-order valence-electron chi connectivity index (χ0n) is 24.6. The Morgan fingerprint density at radius 2 is 1.59 bits per heavy atom. The topological polar surface area (TPSA) is 152 Å². The highest BCUT2D eigenvalue weighted by Crippen LogP contribution is 2.31. The van der Waals surface area contributed by atoms with Crippen molar-refractivity contribution >= 4 is 35.3 Å². The van der Waals surface area contributed by atoms with Crippen LogP contribution < -0.4 is 4.90 Å². The smallest absolute Gasteiger partial charge is 0.303 e. The number of hydrogen-bond donors (Lipinski definition) is 0. The Kier molecular flexibility index (Phi) is 11.0. The molecule has 0 amide bonds. The Hall–Kier alpha value is -3.74. The molecule has 3 heterocycles. The van der Waals surface area contributed by atoms with E-state index in [1.165, 1.54) is 6.92 Å². The van der Waals surface area contributed by atoms with Crippen molar-refractivity contribution in [3.63, 3.8) is 0 Å². The number of aromatic nitrogens is 1. The summed E-state index contributed by atoms with van der Waals surface area (Å²) < 4.78 is 27.2. The Morgan fingerprint density at radius 3 is 2.22 bits per heavy atom. The first-order valence-corrected chi connectivity index (χ1v) is 13.6. The predicted octanol–water partition coefficient (Wildman–Crippen LogP) is 2.32. The molecule has 1 aromatic heterocycles. The zero-order chi connectivity index (χ0) is 30.3. The molecule has 2 aliphatic rings. The van der Waals surface area contributed by atoms with Crippen LogP contribution in [0.1, 0.15) is 64.4 Å². The summed E-state index contributed by atoms with van der Waals surface area (Å²) >= 11 is 0.